The maximum Gasteiger partial charge on any atom is 0.237 e. The first-order valence-corrected chi connectivity index (χ1v) is 5.72. The van der Waals surface area contributed by atoms with E-state index in [1.165, 1.54) is 0 Å². The summed E-state index contributed by atoms with van der Waals surface area (Å²) in [7, 11) is 3.84. The monoisotopic (exact) mass is 214 g/mol. The molecule has 2 unspecified atom stereocenters. The molecule has 0 aliphatic carbocycles. The molecule has 4 heteroatoms. The van der Waals surface area contributed by atoms with Crippen LogP contribution in [0.5, 0.6) is 0 Å². The molecule has 2 atom stereocenters. The van der Waals surface area contributed by atoms with Crippen molar-refractivity contribution in [2.75, 3.05) is 33.8 Å². The zero-order chi connectivity index (χ0) is 11.4. The Morgan fingerprint density at radius 2 is 2.13 bits per heavy atom. The van der Waals surface area contributed by atoms with Gasteiger partial charge in [0.1, 0.15) is 0 Å². The SMILES string of the molecule is CC.CN(C)CC(=O)N1CC2CC1CO2. The first-order chi connectivity index (χ1) is 7.16. The number of nitrogens with zero attached hydrogens (tertiary/aromatic N) is 2. The van der Waals surface area contributed by atoms with Crippen LogP contribution >= 0.6 is 0 Å². The lowest BCUT2D eigenvalue weighted by Crippen LogP contribution is -2.45. The minimum Gasteiger partial charge on any atom is -0.374 e. The van der Waals surface area contributed by atoms with Crippen molar-refractivity contribution in [3.8, 4) is 0 Å². The largest absolute Gasteiger partial charge is 0.374 e. The smallest absolute Gasteiger partial charge is 0.237 e. The van der Waals surface area contributed by atoms with Gasteiger partial charge in [0, 0.05) is 6.54 Å². The first kappa shape index (κ1) is 12.5. The number of hydrogen-bond acceptors (Lipinski definition) is 3. The average molecular weight is 214 g/mol. The molecule has 2 rings (SSSR count). The van der Waals surface area contributed by atoms with Gasteiger partial charge >= 0.3 is 0 Å². The molecule has 0 saturated carbocycles. The standard InChI is InChI=1S/C9H16N2O2.C2H6/c1-10(2)5-9(12)11-4-8-3-7(11)6-13-8;1-2/h7-8H,3-6H2,1-2H3;1-2H3. The zero-order valence-electron chi connectivity index (χ0n) is 10.2. The Labute approximate surface area is 92.2 Å². The average Bonchev–Trinajstić information content (AvgIpc) is 2.80. The minimum atomic E-state index is 0.237. The number of ether oxygens (including phenoxy) is 1. The number of rotatable bonds is 2. The van der Waals surface area contributed by atoms with Gasteiger partial charge in [-0.25, -0.2) is 0 Å². The number of hydrogen-bond donors (Lipinski definition) is 0. The molecule has 1 amide bonds. The lowest BCUT2D eigenvalue weighted by molar-refractivity contribution is -0.136. The summed E-state index contributed by atoms with van der Waals surface area (Å²) in [6.07, 6.45) is 1.36. The Morgan fingerprint density at radius 3 is 2.53 bits per heavy atom. The van der Waals surface area contributed by atoms with Gasteiger partial charge in [0.2, 0.25) is 5.91 Å². The fourth-order valence-corrected chi connectivity index (χ4v) is 2.07. The highest BCUT2D eigenvalue weighted by molar-refractivity contribution is 5.79. The van der Waals surface area contributed by atoms with Crippen LogP contribution in [0.4, 0.5) is 0 Å². The van der Waals surface area contributed by atoms with E-state index in [1.54, 1.807) is 0 Å². The predicted molar refractivity (Wildman–Crippen MR) is 59.8 cm³/mol. The van der Waals surface area contributed by atoms with Crippen molar-refractivity contribution in [1.29, 1.82) is 0 Å². The molecule has 2 aliphatic heterocycles. The molecule has 15 heavy (non-hydrogen) atoms. The molecule has 2 bridgehead atoms. The predicted octanol–water partition coefficient (Wildman–Crippen LogP) is 0.574. The number of likely N-dealkylation sites (N-methyl/N-ethyl adjacent to an activating group) is 1. The highest BCUT2D eigenvalue weighted by atomic mass is 16.5. The van der Waals surface area contributed by atoms with Gasteiger partial charge in [0.25, 0.3) is 0 Å². The van der Waals surface area contributed by atoms with E-state index < -0.39 is 0 Å². The molecule has 2 aliphatic rings. The summed E-state index contributed by atoms with van der Waals surface area (Å²) in [6.45, 7) is 6.06. The zero-order valence-corrected chi connectivity index (χ0v) is 10.2. The van der Waals surface area contributed by atoms with Crippen LogP contribution in [-0.4, -0.2) is 61.6 Å². The summed E-state index contributed by atoms with van der Waals surface area (Å²) in [6, 6.07) is 0.359. The molecule has 0 aromatic heterocycles. The summed E-state index contributed by atoms with van der Waals surface area (Å²) < 4.78 is 5.43. The molecule has 88 valence electrons. The normalized spacial score (nSPS) is 27.9. The Morgan fingerprint density at radius 1 is 1.47 bits per heavy atom. The number of fused-ring (bicyclic) bond motifs is 2. The van der Waals surface area contributed by atoms with Gasteiger partial charge in [-0.3, -0.25) is 4.79 Å². The highest BCUT2D eigenvalue weighted by Crippen LogP contribution is 2.27. The van der Waals surface area contributed by atoms with Crippen molar-refractivity contribution < 1.29 is 9.53 Å². The van der Waals surface area contributed by atoms with E-state index >= 15 is 0 Å². The minimum absolute atomic E-state index is 0.237. The first-order valence-electron chi connectivity index (χ1n) is 5.72. The van der Waals surface area contributed by atoms with Crippen LogP contribution < -0.4 is 0 Å². The van der Waals surface area contributed by atoms with Crippen LogP contribution in [0.3, 0.4) is 0 Å². The second-order valence-corrected chi connectivity index (χ2v) is 4.13. The molecule has 4 nitrogen and oxygen atoms in total. The summed E-state index contributed by atoms with van der Waals surface area (Å²) in [4.78, 5) is 15.6. The molecule has 0 aromatic carbocycles. The van der Waals surface area contributed by atoms with E-state index in [1.807, 2.05) is 37.7 Å². The molecule has 2 saturated heterocycles. The summed E-state index contributed by atoms with van der Waals surface area (Å²) in [5.74, 6) is 0.237. The van der Waals surface area contributed by atoms with Crippen LogP contribution in [0.1, 0.15) is 20.3 Å². The Kier molecular flexibility index (Phi) is 4.54. The van der Waals surface area contributed by atoms with Gasteiger partial charge in [0.15, 0.2) is 0 Å². The third kappa shape index (κ3) is 2.92. The van der Waals surface area contributed by atoms with Crippen molar-refractivity contribution in [1.82, 2.24) is 9.80 Å². The molecule has 0 spiro atoms. The maximum atomic E-state index is 11.7. The van der Waals surface area contributed by atoms with E-state index in [-0.39, 0.29) is 5.91 Å². The third-order valence-electron chi connectivity index (χ3n) is 2.67. The van der Waals surface area contributed by atoms with Crippen LogP contribution in [0.15, 0.2) is 0 Å². The summed E-state index contributed by atoms with van der Waals surface area (Å²) in [5.41, 5.74) is 0. The van der Waals surface area contributed by atoms with Gasteiger partial charge in [-0.05, 0) is 20.5 Å². The number of carbonyl (C=O) groups excluding carboxylic acids is 1. The summed E-state index contributed by atoms with van der Waals surface area (Å²) in [5, 5.41) is 0. The highest BCUT2D eigenvalue weighted by Gasteiger charge is 2.41. The van der Waals surface area contributed by atoms with Crippen LogP contribution in [0.2, 0.25) is 0 Å². The van der Waals surface area contributed by atoms with E-state index in [9.17, 15) is 4.79 Å². The molecule has 0 radical (unpaired) electrons. The molecule has 2 heterocycles. The Hall–Kier alpha value is -0.610. The van der Waals surface area contributed by atoms with Gasteiger partial charge in [-0.1, -0.05) is 13.8 Å². The lowest BCUT2D eigenvalue weighted by Gasteiger charge is -2.27. The van der Waals surface area contributed by atoms with Gasteiger partial charge in [-0.15, -0.1) is 0 Å². The van der Waals surface area contributed by atoms with Crippen LogP contribution in [0, 0.1) is 0 Å². The van der Waals surface area contributed by atoms with Crippen molar-refractivity contribution in [2.24, 2.45) is 0 Å². The topological polar surface area (TPSA) is 32.8 Å². The Bertz CT molecular complexity index is 219. The van der Waals surface area contributed by atoms with Gasteiger partial charge < -0.3 is 14.5 Å². The van der Waals surface area contributed by atoms with Crippen molar-refractivity contribution in [2.45, 2.75) is 32.4 Å². The van der Waals surface area contributed by atoms with Crippen molar-refractivity contribution >= 4 is 5.91 Å². The van der Waals surface area contributed by atoms with E-state index in [4.69, 9.17) is 4.74 Å². The Balaban J connectivity index is 0.000000531. The van der Waals surface area contributed by atoms with E-state index in [0.717, 1.165) is 19.6 Å². The number of amides is 1. The lowest BCUT2D eigenvalue weighted by atomic mass is 10.2. The molecular formula is C11H22N2O2. The van der Waals surface area contributed by atoms with Gasteiger partial charge in [-0.2, -0.15) is 0 Å². The molecular weight excluding hydrogens is 192 g/mol. The van der Waals surface area contributed by atoms with Gasteiger partial charge in [0.05, 0.1) is 25.3 Å². The van der Waals surface area contributed by atoms with E-state index in [0.29, 0.717) is 18.7 Å². The molecule has 2 fully saturated rings. The fourth-order valence-electron chi connectivity index (χ4n) is 2.07. The van der Waals surface area contributed by atoms with Crippen molar-refractivity contribution in [3.63, 3.8) is 0 Å². The second-order valence-electron chi connectivity index (χ2n) is 4.13. The van der Waals surface area contributed by atoms with Crippen LogP contribution in [-0.2, 0) is 9.53 Å². The maximum absolute atomic E-state index is 11.7. The number of likely N-dealkylation sites (tertiary alicyclic amines) is 1. The number of morpholine rings is 1. The molecule has 0 N–H and O–H groups in total. The second kappa shape index (κ2) is 5.47. The van der Waals surface area contributed by atoms with E-state index in [2.05, 4.69) is 0 Å². The van der Waals surface area contributed by atoms with Crippen molar-refractivity contribution in [3.05, 3.63) is 0 Å². The quantitative estimate of drug-likeness (QED) is 0.674. The van der Waals surface area contributed by atoms with Crippen LogP contribution in [0.25, 0.3) is 0 Å². The third-order valence-corrected chi connectivity index (χ3v) is 2.67. The molecule has 0 aromatic rings. The number of carbonyl (C=O) groups is 1. The fraction of sp³-hybridized carbons (Fsp3) is 0.909. The summed E-state index contributed by atoms with van der Waals surface area (Å²) >= 11 is 0.